The van der Waals surface area contributed by atoms with Crippen LogP contribution in [0.5, 0.6) is 0 Å². The Balaban J connectivity index is 1.46. The van der Waals surface area contributed by atoms with Crippen LogP contribution < -0.4 is 10.9 Å². The number of fused-ring (bicyclic) bond motifs is 2. The first-order chi connectivity index (χ1) is 16.0. The molecule has 3 heterocycles. The molecule has 0 saturated heterocycles. The Labute approximate surface area is 189 Å². The average Bonchev–Trinajstić information content (AvgIpc) is 3.25. The van der Waals surface area contributed by atoms with E-state index in [-0.39, 0.29) is 5.56 Å². The van der Waals surface area contributed by atoms with Crippen molar-refractivity contribution in [2.75, 3.05) is 5.32 Å². The van der Waals surface area contributed by atoms with Crippen molar-refractivity contribution >= 4 is 28.2 Å². The molecule has 6 heteroatoms. The Morgan fingerprint density at radius 2 is 2.00 bits per heavy atom. The standard InChI is InChI=1S/C27H21N3O3/c1-3-7-18-9-4-11-20-15-22(27(32)33-24(18)20)26(31)28-21-12-5-10-19(14-21)23-16-30-13-6-8-17(2)25(30)29-23/h3-6,8-16H,1,7H2,2H3,(H,28,31). The van der Waals surface area contributed by atoms with Gasteiger partial charge in [0.05, 0.1) is 5.69 Å². The van der Waals surface area contributed by atoms with Crippen LogP contribution in [0.4, 0.5) is 5.69 Å². The van der Waals surface area contributed by atoms with Gasteiger partial charge in [0.1, 0.15) is 16.8 Å². The first kappa shape index (κ1) is 20.5. The first-order valence-corrected chi connectivity index (χ1v) is 10.6. The number of para-hydroxylation sites is 1. The van der Waals surface area contributed by atoms with Crippen LogP contribution in [-0.2, 0) is 6.42 Å². The van der Waals surface area contributed by atoms with Gasteiger partial charge >= 0.3 is 5.63 Å². The maximum absolute atomic E-state index is 12.9. The van der Waals surface area contributed by atoms with Gasteiger partial charge in [-0.2, -0.15) is 0 Å². The lowest BCUT2D eigenvalue weighted by atomic mass is 10.1. The van der Waals surface area contributed by atoms with Crippen molar-refractivity contribution in [3.05, 3.63) is 113 Å². The quantitative estimate of drug-likeness (QED) is 0.296. The van der Waals surface area contributed by atoms with Crippen LogP contribution in [-0.4, -0.2) is 15.3 Å². The maximum atomic E-state index is 12.9. The van der Waals surface area contributed by atoms with Gasteiger partial charge in [0, 0.05) is 29.0 Å². The zero-order valence-electron chi connectivity index (χ0n) is 18.0. The molecule has 1 N–H and O–H groups in total. The Morgan fingerprint density at radius 1 is 1.15 bits per heavy atom. The van der Waals surface area contributed by atoms with Crippen molar-refractivity contribution in [2.45, 2.75) is 13.3 Å². The second kappa shape index (κ2) is 8.24. The second-order valence-electron chi connectivity index (χ2n) is 7.86. The molecule has 2 aromatic carbocycles. The maximum Gasteiger partial charge on any atom is 0.349 e. The molecule has 162 valence electrons. The third-order valence-corrected chi connectivity index (χ3v) is 5.54. The van der Waals surface area contributed by atoms with Crippen LogP contribution in [0.25, 0.3) is 27.9 Å². The predicted molar refractivity (Wildman–Crippen MR) is 130 cm³/mol. The summed E-state index contributed by atoms with van der Waals surface area (Å²) in [4.78, 5) is 30.2. The highest BCUT2D eigenvalue weighted by atomic mass is 16.4. The number of aryl methyl sites for hydroxylation is 1. The number of amides is 1. The molecular weight excluding hydrogens is 414 g/mol. The fourth-order valence-corrected chi connectivity index (χ4v) is 3.93. The SMILES string of the molecule is C=CCc1cccc2cc(C(=O)Nc3cccc(-c4cn5cccc(C)c5n4)c3)c(=O)oc12. The number of pyridine rings is 1. The minimum absolute atomic E-state index is 0.0491. The number of benzene rings is 2. The highest BCUT2D eigenvalue weighted by molar-refractivity contribution is 6.05. The molecule has 0 saturated carbocycles. The largest absolute Gasteiger partial charge is 0.422 e. The van der Waals surface area contributed by atoms with Crippen LogP contribution in [0.2, 0.25) is 0 Å². The van der Waals surface area contributed by atoms with Gasteiger partial charge in [-0.05, 0) is 48.7 Å². The molecule has 0 radical (unpaired) electrons. The number of rotatable bonds is 5. The summed E-state index contributed by atoms with van der Waals surface area (Å²) in [5.41, 5.74) is 4.77. The zero-order valence-corrected chi connectivity index (χ0v) is 18.0. The van der Waals surface area contributed by atoms with Crippen molar-refractivity contribution in [1.29, 1.82) is 0 Å². The lowest BCUT2D eigenvalue weighted by molar-refractivity contribution is 0.102. The molecule has 0 atom stereocenters. The van der Waals surface area contributed by atoms with E-state index in [0.717, 1.165) is 28.0 Å². The van der Waals surface area contributed by atoms with E-state index in [2.05, 4.69) is 11.9 Å². The third kappa shape index (κ3) is 3.83. The monoisotopic (exact) mass is 435 g/mol. The first-order valence-electron chi connectivity index (χ1n) is 10.6. The van der Waals surface area contributed by atoms with Crippen molar-refractivity contribution in [3.8, 4) is 11.3 Å². The fraction of sp³-hybridized carbons (Fsp3) is 0.0741. The number of carbonyl (C=O) groups excluding carboxylic acids is 1. The van der Waals surface area contributed by atoms with Gasteiger partial charge in [-0.1, -0.05) is 42.5 Å². The summed E-state index contributed by atoms with van der Waals surface area (Å²) in [7, 11) is 0. The molecule has 0 spiro atoms. The van der Waals surface area contributed by atoms with Crippen LogP contribution >= 0.6 is 0 Å². The van der Waals surface area contributed by atoms with Crippen LogP contribution in [0.1, 0.15) is 21.5 Å². The molecule has 0 aliphatic heterocycles. The molecule has 0 fully saturated rings. The number of anilines is 1. The van der Waals surface area contributed by atoms with Crippen LogP contribution in [0.15, 0.2) is 94.9 Å². The van der Waals surface area contributed by atoms with E-state index < -0.39 is 11.5 Å². The molecule has 0 bridgehead atoms. The van der Waals surface area contributed by atoms with Crippen molar-refractivity contribution < 1.29 is 9.21 Å². The molecule has 3 aromatic heterocycles. The number of aromatic nitrogens is 2. The topological polar surface area (TPSA) is 76.6 Å². The molecule has 33 heavy (non-hydrogen) atoms. The summed E-state index contributed by atoms with van der Waals surface area (Å²) in [6, 6.07) is 18.5. The second-order valence-corrected chi connectivity index (χ2v) is 7.86. The van der Waals surface area contributed by atoms with E-state index in [0.29, 0.717) is 23.1 Å². The van der Waals surface area contributed by atoms with Gasteiger partial charge in [-0.25, -0.2) is 9.78 Å². The molecule has 5 aromatic rings. The van der Waals surface area contributed by atoms with E-state index in [9.17, 15) is 9.59 Å². The average molecular weight is 435 g/mol. The molecule has 0 aliphatic carbocycles. The van der Waals surface area contributed by atoms with Gasteiger partial charge < -0.3 is 14.1 Å². The van der Waals surface area contributed by atoms with Gasteiger partial charge in [-0.15, -0.1) is 6.58 Å². The predicted octanol–water partition coefficient (Wildman–Crippen LogP) is 5.40. The summed E-state index contributed by atoms with van der Waals surface area (Å²) < 4.78 is 7.47. The Hall–Kier alpha value is -4.45. The summed E-state index contributed by atoms with van der Waals surface area (Å²) in [5, 5.41) is 3.50. The molecule has 5 rings (SSSR count). The van der Waals surface area contributed by atoms with Crippen LogP contribution in [0, 0.1) is 6.92 Å². The van der Waals surface area contributed by atoms with E-state index in [1.807, 2.05) is 72.2 Å². The molecule has 0 unspecified atom stereocenters. The number of imidazole rings is 1. The van der Waals surface area contributed by atoms with Crippen molar-refractivity contribution in [1.82, 2.24) is 9.38 Å². The molecule has 1 amide bonds. The highest BCUT2D eigenvalue weighted by Gasteiger charge is 2.16. The Morgan fingerprint density at radius 3 is 2.82 bits per heavy atom. The lowest BCUT2D eigenvalue weighted by Gasteiger charge is -2.08. The van der Waals surface area contributed by atoms with E-state index >= 15 is 0 Å². The number of carbonyl (C=O) groups is 1. The molecular formula is C27H21N3O3. The minimum atomic E-state index is -0.677. The van der Waals surface area contributed by atoms with Crippen molar-refractivity contribution in [3.63, 3.8) is 0 Å². The Bertz CT molecular complexity index is 1590. The summed E-state index contributed by atoms with van der Waals surface area (Å²) in [6.07, 6.45) is 6.21. The molecule has 0 aliphatic rings. The number of hydrogen-bond acceptors (Lipinski definition) is 4. The van der Waals surface area contributed by atoms with Gasteiger partial charge in [-0.3, -0.25) is 4.79 Å². The van der Waals surface area contributed by atoms with Gasteiger partial charge in [0.25, 0.3) is 5.91 Å². The normalized spacial score (nSPS) is 11.1. The van der Waals surface area contributed by atoms with E-state index in [4.69, 9.17) is 9.40 Å². The lowest BCUT2D eigenvalue weighted by Crippen LogP contribution is -2.20. The highest BCUT2D eigenvalue weighted by Crippen LogP contribution is 2.24. The zero-order chi connectivity index (χ0) is 22.9. The van der Waals surface area contributed by atoms with E-state index in [1.54, 1.807) is 18.2 Å². The smallest absolute Gasteiger partial charge is 0.349 e. The van der Waals surface area contributed by atoms with Crippen molar-refractivity contribution in [2.24, 2.45) is 0 Å². The summed E-state index contributed by atoms with van der Waals surface area (Å²) in [6.45, 7) is 5.75. The number of nitrogens with one attached hydrogen (secondary N) is 1. The van der Waals surface area contributed by atoms with Gasteiger partial charge in [0.15, 0.2) is 0 Å². The van der Waals surface area contributed by atoms with Crippen LogP contribution in [0.3, 0.4) is 0 Å². The molecule has 6 nitrogen and oxygen atoms in total. The number of hydrogen-bond donors (Lipinski definition) is 1. The van der Waals surface area contributed by atoms with E-state index in [1.165, 1.54) is 0 Å². The van der Waals surface area contributed by atoms with Gasteiger partial charge in [0.2, 0.25) is 0 Å². The number of nitrogens with zero attached hydrogens (tertiary/aromatic N) is 2. The third-order valence-electron chi connectivity index (χ3n) is 5.54. The fourth-order valence-electron chi connectivity index (χ4n) is 3.93. The summed E-state index contributed by atoms with van der Waals surface area (Å²) in [5.74, 6) is -0.525. The number of allylic oxidation sites excluding steroid dienone is 1. The Kier molecular flexibility index (Phi) is 5.11. The summed E-state index contributed by atoms with van der Waals surface area (Å²) >= 11 is 0. The minimum Gasteiger partial charge on any atom is -0.422 e.